The molecule has 1 heterocycles. The van der Waals surface area contributed by atoms with Crippen molar-refractivity contribution in [3.63, 3.8) is 0 Å². The van der Waals surface area contributed by atoms with Crippen molar-refractivity contribution in [1.29, 1.82) is 0 Å². The highest BCUT2D eigenvalue weighted by Crippen LogP contribution is 2.65. The van der Waals surface area contributed by atoms with Crippen LogP contribution in [0.3, 0.4) is 0 Å². The molecule has 1 unspecified atom stereocenters. The molecular weight excluding hydrogens is 299 g/mol. The third-order valence-electron chi connectivity index (χ3n) is 3.64. The summed E-state index contributed by atoms with van der Waals surface area (Å²) >= 11 is 0. The zero-order valence-corrected chi connectivity index (χ0v) is 15.4. The van der Waals surface area contributed by atoms with Crippen LogP contribution >= 0.6 is 7.60 Å². The molecule has 0 bridgehead atoms. The Morgan fingerprint density at radius 1 is 1.24 bits per heavy atom. The van der Waals surface area contributed by atoms with E-state index < -0.39 is 15.7 Å². The van der Waals surface area contributed by atoms with Gasteiger partial charge in [0.2, 0.25) is 0 Å². The summed E-state index contributed by atoms with van der Waals surface area (Å²) in [6, 6.07) is 9.97. The van der Waals surface area contributed by atoms with Gasteiger partial charge in [0.25, 0.3) is 0 Å². The predicted molar refractivity (Wildman–Crippen MR) is 90.1 cm³/mol. The molecule has 3 nitrogen and oxygen atoms in total. The van der Waals surface area contributed by atoms with Crippen LogP contribution in [0.4, 0.5) is 0 Å². The van der Waals surface area contributed by atoms with Crippen LogP contribution in [0, 0.1) is 5.92 Å². The molecule has 0 amide bonds. The number of hydrogen-bond acceptors (Lipinski definition) is 3. The van der Waals surface area contributed by atoms with Crippen LogP contribution in [-0.2, 0) is 13.6 Å². The second-order valence-corrected chi connectivity index (χ2v) is 13.9. The summed E-state index contributed by atoms with van der Waals surface area (Å²) in [4.78, 5) is 0.927. The van der Waals surface area contributed by atoms with E-state index in [2.05, 4.69) is 32.6 Å². The Hall–Kier alpha value is -0.673. The van der Waals surface area contributed by atoms with Gasteiger partial charge >= 0.3 is 7.60 Å². The van der Waals surface area contributed by atoms with Gasteiger partial charge < -0.3 is 4.52 Å². The highest BCUT2D eigenvalue weighted by atomic mass is 31.2. The van der Waals surface area contributed by atoms with Gasteiger partial charge in [0.1, 0.15) is 0 Å². The Balaban J connectivity index is 2.45. The van der Waals surface area contributed by atoms with Crippen LogP contribution in [-0.4, -0.2) is 14.7 Å². The van der Waals surface area contributed by atoms with Crippen LogP contribution in [0.2, 0.25) is 19.6 Å². The fraction of sp³-hybridized carbons (Fsp3) is 0.500. The van der Waals surface area contributed by atoms with Crippen LogP contribution in [0.25, 0.3) is 0 Å². The molecule has 0 saturated heterocycles. The zero-order chi connectivity index (χ0) is 15.7. The van der Waals surface area contributed by atoms with Gasteiger partial charge in [-0.1, -0.05) is 63.0 Å². The molecule has 0 N–H and O–H groups in total. The first kappa shape index (κ1) is 16.7. The van der Waals surface area contributed by atoms with Crippen molar-refractivity contribution in [2.75, 3.05) is 6.61 Å². The van der Waals surface area contributed by atoms with Gasteiger partial charge in [0.05, 0.1) is 20.8 Å². The Labute approximate surface area is 128 Å². The molecule has 3 atom stereocenters. The Morgan fingerprint density at radius 3 is 2.38 bits per heavy atom. The van der Waals surface area contributed by atoms with Crippen molar-refractivity contribution in [2.24, 2.45) is 5.92 Å². The highest BCUT2D eigenvalue weighted by Gasteiger charge is 2.45. The first-order valence-electron chi connectivity index (χ1n) is 7.48. The van der Waals surface area contributed by atoms with E-state index in [1.807, 2.05) is 37.3 Å². The second-order valence-electron chi connectivity index (χ2n) is 6.51. The van der Waals surface area contributed by atoms with Gasteiger partial charge in [0.15, 0.2) is 0 Å². The first-order valence-corrected chi connectivity index (χ1v) is 12.5. The normalized spacial score (nSPS) is 30.0. The number of hydrogen-bond donors (Lipinski definition) is 0. The smallest absolute Gasteiger partial charge is 0.306 e. The summed E-state index contributed by atoms with van der Waals surface area (Å²) in [6.07, 6.45) is 1.94. The molecule has 21 heavy (non-hydrogen) atoms. The lowest BCUT2D eigenvalue weighted by Gasteiger charge is -2.37. The molecule has 2 rings (SSSR count). The molecule has 0 saturated carbocycles. The van der Waals surface area contributed by atoms with Crippen molar-refractivity contribution in [3.05, 3.63) is 46.9 Å². The standard InChI is InChI=1S/C16H25O3PSi/c1-6-18-20(17)15(21(3,4)5)12-13(2)16(19-20)14-10-8-7-9-11-14/h7-13,16H,6H2,1-5H3/t13-,16-,20?/m0/s1. The van der Waals surface area contributed by atoms with Gasteiger partial charge in [-0.15, -0.1) is 0 Å². The number of rotatable bonds is 4. The van der Waals surface area contributed by atoms with Gasteiger partial charge in [-0.05, 0) is 12.5 Å². The Bertz CT molecular complexity index is 563. The lowest BCUT2D eigenvalue weighted by molar-refractivity contribution is 0.123. The van der Waals surface area contributed by atoms with Crippen molar-refractivity contribution in [1.82, 2.24) is 0 Å². The molecule has 0 aromatic heterocycles. The molecule has 1 aromatic rings. The predicted octanol–water partition coefficient (Wildman–Crippen LogP) is 5.38. The average molecular weight is 324 g/mol. The zero-order valence-electron chi connectivity index (χ0n) is 13.5. The van der Waals surface area contributed by atoms with Crippen LogP contribution in [0.1, 0.15) is 25.5 Å². The van der Waals surface area contributed by atoms with E-state index in [1.54, 1.807) is 0 Å². The van der Waals surface area contributed by atoms with Crippen molar-refractivity contribution in [3.8, 4) is 0 Å². The molecule has 0 spiro atoms. The largest absolute Gasteiger partial charge is 0.353 e. The fourth-order valence-corrected chi connectivity index (χ4v) is 8.75. The Morgan fingerprint density at radius 2 is 1.86 bits per heavy atom. The third kappa shape index (κ3) is 3.57. The quantitative estimate of drug-likeness (QED) is 0.550. The molecule has 116 valence electrons. The van der Waals surface area contributed by atoms with Crippen molar-refractivity contribution < 1.29 is 13.6 Å². The molecule has 1 aromatic carbocycles. The van der Waals surface area contributed by atoms with Crippen LogP contribution < -0.4 is 0 Å². The van der Waals surface area contributed by atoms with Gasteiger partial charge in [0, 0.05) is 10.9 Å². The van der Waals surface area contributed by atoms with Gasteiger partial charge in [-0.2, -0.15) is 0 Å². The Kier molecular flexibility index (Phi) is 4.94. The minimum absolute atomic E-state index is 0.191. The first-order chi connectivity index (χ1) is 9.78. The van der Waals surface area contributed by atoms with E-state index in [0.29, 0.717) is 6.61 Å². The van der Waals surface area contributed by atoms with Gasteiger partial charge in [-0.25, -0.2) is 0 Å². The summed E-state index contributed by atoms with van der Waals surface area (Å²) in [7, 11) is -4.93. The van der Waals surface area contributed by atoms with E-state index in [1.165, 1.54) is 0 Å². The maximum atomic E-state index is 13.3. The maximum absolute atomic E-state index is 13.3. The van der Waals surface area contributed by atoms with E-state index in [-0.39, 0.29) is 12.0 Å². The SMILES string of the molecule is CCOP1(=O)O[C@H](c2ccccc2)[C@@H](C)C=C1[Si](C)(C)C. The molecule has 0 radical (unpaired) electrons. The van der Waals surface area contributed by atoms with Crippen LogP contribution in [0.15, 0.2) is 41.3 Å². The summed E-state index contributed by atoms with van der Waals surface area (Å²) in [5.41, 5.74) is 1.05. The highest BCUT2D eigenvalue weighted by molar-refractivity contribution is 7.62. The van der Waals surface area contributed by atoms with Crippen molar-refractivity contribution >= 4 is 15.7 Å². The fourth-order valence-electron chi connectivity index (χ4n) is 2.67. The molecule has 5 heteroatoms. The van der Waals surface area contributed by atoms with E-state index in [0.717, 1.165) is 10.5 Å². The summed E-state index contributed by atoms with van der Waals surface area (Å²) in [6.45, 7) is 10.9. The topological polar surface area (TPSA) is 35.5 Å². The third-order valence-corrected chi connectivity index (χ3v) is 10.0. The van der Waals surface area contributed by atoms with Crippen molar-refractivity contribution in [2.45, 2.75) is 39.6 Å². The molecule has 0 aliphatic carbocycles. The minimum Gasteiger partial charge on any atom is -0.306 e. The van der Waals surface area contributed by atoms with Gasteiger partial charge in [-0.3, -0.25) is 9.09 Å². The molecule has 1 aliphatic rings. The summed E-state index contributed by atoms with van der Waals surface area (Å²) in [5.74, 6) is 0.191. The second kappa shape index (κ2) is 6.21. The average Bonchev–Trinajstić information content (AvgIpc) is 2.41. The van der Waals surface area contributed by atoms with Crippen LogP contribution in [0.5, 0.6) is 0 Å². The molecular formula is C16H25O3PSi. The lowest BCUT2D eigenvalue weighted by Crippen LogP contribution is -2.30. The van der Waals surface area contributed by atoms with E-state index in [4.69, 9.17) is 9.05 Å². The number of benzene rings is 1. The maximum Gasteiger partial charge on any atom is 0.353 e. The van der Waals surface area contributed by atoms with E-state index in [9.17, 15) is 4.57 Å². The summed E-state index contributed by atoms with van der Waals surface area (Å²) in [5, 5.41) is 0. The molecule has 0 fully saturated rings. The minimum atomic E-state index is -3.18. The monoisotopic (exact) mass is 324 g/mol. The summed E-state index contributed by atoms with van der Waals surface area (Å²) < 4.78 is 24.9. The van der Waals surface area contributed by atoms with E-state index >= 15 is 0 Å². The molecule has 1 aliphatic heterocycles. The lowest BCUT2D eigenvalue weighted by atomic mass is 9.98.